The SMILES string of the molecule is O=C(O)c1cccc(C(=O)Nc2ccc(-n3c(C(F)(F)F)nc4cc(O)ccc43)cn2)c1. The summed E-state index contributed by atoms with van der Waals surface area (Å²) < 4.78 is 41.5. The Morgan fingerprint density at radius 1 is 1.00 bits per heavy atom. The minimum Gasteiger partial charge on any atom is -0.508 e. The van der Waals surface area contributed by atoms with Crippen molar-refractivity contribution in [2.45, 2.75) is 6.18 Å². The number of imidazole rings is 1. The second-order valence-corrected chi connectivity index (χ2v) is 6.68. The molecule has 2 heterocycles. The van der Waals surface area contributed by atoms with Gasteiger partial charge in [0, 0.05) is 11.6 Å². The number of pyridine rings is 1. The van der Waals surface area contributed by atoms with Crippen molar-refractivity contribution in [1.82, 2.24) is 14.5 Å². The molecule has 162 valence electrons. The van der Waals surface area contributed by atoms with Gasteiger partial charge in [-0.1, -0.05) is 6.07 Å². The van der Waals surface area contributed by atoms with Crippen molar-refractivity contribution in [1.29, 1.82) is 0 Å². The predicted molar refractivity (Wildman–Crippen MR) is 107 cm³/mol. The number of alkyl halides is 3. The van der Waals surface area contributed by atoms with E-state index in [9.17, 15) is 27.9 Å². The number of carbonyl (C=O) groups is 2. The number of hydrogen-bond donors (Lipinski definition) is 3. The Morgan fingerprint density at radius 2 is 1.75 bits per heavy atom. The van der Waals surface area contributed by atoms with Crippen LogP contribution in [0.15, 0.2) is 60.8 Å². The number of aromatic nitrogens is 3. The minimum atomic E-state index is -4.77. The van der Waals surface area contributed by atoms with Crippen molar-refractivity contribution < 1.29 is 33.0 Å². The molecule has 0 spiro atoms. The maximum atomic E-state index is 13.5. The van der Waals surface area contributed by atoms with E-state index in [1.54, 1.807) is 0 Å². The highest BCUT2D eigenvalue weighted by Crippen LogP contribution is 2.34. The average molecular weight is 442 g/mol. The largest absolute Gasteiger partial charge is 0.508 e. The van der Waals surface area contributed by atoms with Crippen molar-refractivity contribution in [2.75, 3.05) is 5.32 Å². The number of carbonyl (C=O) groups excluding carboxylic acids is 1. The van der Waals surface area contributed by atoms with E-state index in [0.29, 0.717) is 0 Å². The number of fused-ring (bicyclic) bond motifs is 1. The molecular weight excluding hydrogens is 429 g/mol. The number of aromatic hydroxyl groups is 1. The predicted octanol–water partition coefficient (Wildman–Crippen LogP) is 4.10. The van der Waals surface area contributed by atoms with Crippen LogP contribution in [0.2, 0.25) is 0 Å². The topological polar surface area (TPSA) is 117 Å². The Balaban J connectivity index is 1.66. The third kappa shape index (κ3) is 3.95. The zero-order valence-corrected chi connectivity index (χ0v) is 16.0. The van der Waals surface area contributed by atoms with E-state index in [2.05, 4.69) is 15.3 Å². The molecule has 2 aromatic heterocycles. The summed E-state index contributed by atoms with van der Waals surface area (Å²) in [4.78, 5) is 31.0. The van der Waals surface area contributed by atoms with Crippen molar-refractivity contribution >= 4 is 28.7 Å². The van der Waals surface area contributed by atoms with Crippen LogP contribution < -0.4 is 5.32 Å². The molecule has 3 N–H and O–H groups in total. The van der Waals surface area contributed by atoms with Crippen molar-refractivity contribution in [3.63, 3.8) is 0 Å². The van der Waals surface area contributed by atoms with Gasteiger partial charge in [0.25, 0.3) is 5.91 Å². The zero-order valence-electron chi connectivity index (χ0n) is 16.0. The summed E-state index contributed by atoms with van der Waals surface area (Å²) in [6.07, 6.45) is -3.64. The molecule has 11 heteroatoms. The molecule has 0 aliphatic rings. The lowest BCUT2D eigenvalue weighted by atomic mass is 10.1. The van der Waals surface area contributed by atoms with Gasteiger partial charge in [-0.25, -0.2) is 14.8 Å². The number of hydrogen-bond acceptors (Lipinski definition) is 5. The Hall–Kier alpha value is -4.41. The first-order chi connectivity index (χ1) is 15.1. The summed E-state index contributed by atoms with van der Waals surface area (Å²) in [7, 11) is 0. The second-order valence-electron chi connectivity index (χ2n) is 6.68. The number of phenols is 1. The van der Waals surface area contributed by atoms with Crippen molar-refractivity contribution in [3.8, 4) is 11.4 Å². The highest BCUT2D eigenvalue weighted by Gasteiger charge is 2.38. The van der Waals surface area contributed by atoms with Gasteiger partial charge in [0.1, 0.15) is 11.6 Å². The van der Waals surface area contributed by atoms with Gasteiger partial charge in [0.15, 0.2) is 0 Å². The summed E-state index contributed by atoms with van der Waals surface area (Å²) in [6, 6.07) is 11.6. The summed E-state index contributed by atoms with van der Waals surface area (Å²) in [5.41, 5.74) is 0.109. The number of amides is 1. The van der Waals surface area contributed by atoms with Crippen LogP contribution in [0.25, 0.3) is 16.7 Å². The second kappa shape index (κ2) is 7.69. The maximum absolute atomic E-state index is 13.5. The van der Waals surface area contributed by atoms with Crippen LogP contribution in [0.3, 0.4) is 0 Å². The molecule has 8 nitrogen and oxygen atoms in total. The van der Waals surface area contributed by atoms with Gasteiger partial charge in [-0.05, 0) is 42.5 Å². The number of carboxylic acids is 1. The molecular formula is C21H13F3N4O4. The molecule has 0 fully saturated rings. The number of halogens is 3. The smallest absolute Gasteiger partial charge is 0.450 e. The quantitative estimate of drug-likeness (QED) is 0.438. The fourth-order valence-corrected chi connectivity index (χ4v) is 3.09. The standard InChI is InChI=1S/C21H13F3N4O4/c22-21(23,24)20-26-15-9-14(29)5-6-16(15)28(20)13-4-7-17(25-10-13)27-18(30)11-2-1-3-12(8-11)19(31)32/h1-10,29H,(H,31,32)(H,25,27,30). The molecule has 0 saturated heterocycles. The normalized spacial score (nSPS) is 11.5. The number of carboxylic acid groups (broad SMARTS) is 1. The first-order valence-electron chi connectivity index (χ1n) is 9.03. The molecule has 0 aliphatic heterocycles. The molecule has 0 radical (unpaired) electrons. The lowest BCUT2D eigenvalue weighted by molar-refractivity contribution is -0.145. The molecule has 0 unspecified atom stereocenters. The Kier molecular flexibility index (Phi) is 5.01. The van der Waals surface area contributed by atoms with Crippen LogP contribution in [0.1, 0.15) is 26.5 Å². The lowest BCUT2D eigenvalue weighted by Crippen LogP contribution is -2.15. The highest BCUT2D eigenvalue weighted by atomic mass is 19.4. The fourth-order valence-electron chi connectivity index (χ4n) is 3.09. The molecule has 1 amide bonds. The van der Waals surface area contributed by atoms with Gasteiger partial charge in [0.2, 0.25) is 5.82 Å². The molecule has 0 bridgehead atoms. The van der Waals surface area contributed by atoms with Gasteiger partial charge in [-0.15, -0.1) is 0 Å². The van der Waals surface area contributed by atoms with E-state index in [4.69, 9.17) is 5.11 Å². The number of phenolic OH excluding ortho intramolecular Hbond substituents is 1. The minimum absolute atomic E-state index is 0.0383. The Bertz CT molecular complexity index is 1350. The number of nitrogens with one attached hydrogen (secondary N) is 1. The van der Waals surface area contributed by atoms with E-state index in [1.165, 1.54) is 48.5 Å². The molecule has 0 atom stereocenters. The zero-order chi connectivity index (χ0) is 23.0. The Labute approximate surface area is 177 Å². The van der Waals surface area contributed by atoms with Gasteiger partial charge in [-0.3, -0.25) is 9.36 Å². The first kappa shape index (κ1) is 20.8. The van der Waals surface area contributed by atoms with Gasteiger partial charge < -0.3 is 15.5 Å². The number of anilines is 1. The van der Waals surface area contributed by atoms with Crippen LogP contribution in [0, 0.1) is 0 Å². The van der Waals surface area contributed by atoms with E-state index in [-0.39, 0.29) is 39.4 Å². The maximum Gasteiger partial charge on any atom is 0.450 e. The summed E-state index contributed by atoms with van der Waals surface area (Å²) in [5, 5.41) is 21.0. The lowest BCUT2D eigenvalue weighted by Gasteiger charge is -2.12. The van der Waals surface area contributed by atoms with Crippen molar-refractivity contribution in [3.05, 3.63) is 77.7 Å². The summed E-state index contributed by atoms with van der Waals surface area (Å²) in [6.45, 7) is 0. The molecule has 32 heavy (non-hydrogen) atoms. The highest BCUT2D eigenvalue weighted by molar-refractivity contribution is 6.05. The first-order valence-corrected chi connectivity index (χ1v) is 9.03. The molecule has 4 aromatic rings. The fraction of sp³-hybridized carbons (Fsp3) is 0.0476. The van der Waals surface area contributed by atoms with Crippen LogP contribution in [-0.2, 0) is 6.18 Å². The Morgan fingerprint density at radius 3 is 2.41 bits per heavy atom. The van der Waals surface area contributed by atoms with E-state index >= 15 is 0 Å². The van der Waals surface area contributed by atoms with Crippen molar-refractivity contribution in [2.24, 2.45) is 0 Å². The molecule has 4 rings (SSSR count). The third-order valence-corrected chi connectivity index (χ3v) is 4.51. The summed E-state index contributed by atoms with van der Waals surface area (Å²) in [5.74, 6) is -3.19. The van der Waals surface area contributed by atoms with E-state index in [0.717, 1.165) is 16.8 Å². The number of rotatable bonds is 4. The molecule has 2 aromatic carbocycles. The number of nitrogens with zero attached hydrogens (tertiary/aromatic N) is 3. The van der Waals surface area contributed by atoms with Crippen LogP contribution >= 0.6 is 0 Å². The van der Waals surface area contributed by atoms with Gasteiger partial charge >= 0.3 is 12.1 Å². The van der Waals surface area contributed by atoms with Gasteiger partial charge in [-0.2, -0.15) is 13.2 Å². The number of benzene rings is 2. The monoisotopic (exact) mass is 442 g/mol. The van der Waals surface area contributed by atoms with Crippen LogP contribution in [-0.4, -0.2) is 36.6 Å². The van der Waals surface area contributed by atoms with E-state index in [1.807, 2.05) is 0 Å². The van der Waals surface area contributed by atoms with Crippen LogP contribution in [0.4, 0.5) is 19.0 Å². The summed E-state index contributed by atoms with van der Waals surface area (Å²) >= 11 is 0. The van der Waals surface area contributed by atoms with E-state index < -0.39 is 23.9 Å². The van der Waals surface area contributed by atoms with Gasteiger partial charge in [0.05, 0.1) is 28.5 Å². The average Bonchev–Trinajstić information content (AvgIpc) is 3.13. The number of aromatic carboxylic acids is 1. The third-order valence-electron chi connectivity index (χ3n) is 4.51. The molecule has 0 aliphatic carbocycles. The van der Waals surface area contributed by atoms with Crippen LogP contribution in [0.5, 0.6) is 5.75 Å². The molecule has 0 saturated carbocycles.